The second-order valence-electron chi connectivity index (χ2n) is 5.95. The first-order valence-electron chi connectivity index (χ1n) is 8.41. The standard InChI is InChI=1S/C16H28O7/c1-3-20-15(17)11-14-6-8-16(23-22-14)13(7-10-21-16)5-4-9-19-12-18-2/h13-14H,3-12H2,1-2H3. The van der Waals surface area contributed by atoms with E-state index in [0.717, 1.165) is 32.1 Å². The van der Waals surface area contributed by atoms with Crippen LogP contribution in [0.5, 0.6) is 0 Å². The monoisotopic (exact) mass is 332 g/mol. The molecule has 2 fully saturated rings. The maximum absolute atomic E-state index is 11.5. The molecule has 1 spiro atoms. The molecule has 0 aliphatic carbocycles. The number of esters is 1. The number of rotatable bonds is 9. The van der Waals surface area contributed by atoms with Crippen LogP contribution in [0.3, 0.4) is 0 Å². The van der Waals surface area contributed by atoms with Crippen molar-refractivity contribution in [1.82, 2.24) is 0 Å². The van der Waals surface area contributed by atoms with Crippen LogP contribution >= 0.6 is 0 Å². The molecule has 7 nitrogen and oxygen atoms in total. The van der Waals surface area contributed by atoms with Crippen molar-refractivity contribution in [2.75, 3.05) is 33.7 Å². The van der Waals surface area contributed by atoms with Crippen molar-refractivity contribution in [3.8, 4) is 0 Å². The third kappa shape index (κ3) is 5.39. The summed E-state index contributed by atoms with van der Waals surface area (Å²) in [5.74, 6) is -0.625. The maximum Gasteiger partial charge on any atom is 0.308 e. The molecule has 3 atom stereocenters. The average molecular weight is 332 g/mol. The van der Waals surface area contributed by atoms with Gasteiger partial charge in [0.25, 0.3) is 0 Å². The van der Waals surface area contributed by atoms with E-state index in [9.17, 15) is 4.79 Å². The fourth-order valence-corrected chi connectivity index (χ4v) is 3.16. The summed E-state index contributed by atoms with van der Waals surface area (Å²) in [5.41, 5.74) is 0. The second-order valence-corrected chi connectivity index (χ2v) is 5.95. The molecule has 7 heteroatoms. The SMILES string of the molecule is CCOC(=O)CC1CCC2(OCCC2CCCOCOC)OO1. The highest BCUT2D eigenvalue weighted by atomic mass is 17.2. The van der Waals surface area contributed by atoms with Gasteiger partial charge in [0, 0.05) is 26.1 Å². The van der Waals surface area contributed by atoms with Crippen molar-refractivity contribution in [3.63, 3.8) is 0 Å². The lowest BCUT2D eigenvalue weighted by atomic mass is 9.88. The minimum Gasteiger partial charge on any atom is -0.466 e. The Kier molecular flexibility index (Phi) is 7.72. The molecular formula is C16H28O7. The van der Waals surface area contributed by atoms with Gasteiger partial charge in [-0.05, 0) is 32.6 Å². The molecule has 134 valence electrons. The number of methoxy groups -OCH3 is 1. The fraction of sp³-hybridized carbons (Fsp3) is 0.938. The third-order valence-corrected chi connectivity index (χ3v) is 4.32. The van der Waals surface area contributed by atoms with E-state index in [4.69, 9.17) is 28.7 Å². The Morgan fingerprint density at radius 3 is 2.91 bits per heavy atom. The van der Waals surface area contributed by atoms with E-state index in [1.807, 2.05) is 0 Å². The third-order valence-electron chi connectivity index (χ3n) is 4.32. The Bertz CT molecular complexity index is 352. The van der Waals surface area contributed by atoms with Gasteiger partial charge >= 0.3 is 5.97 Å². The minimum absolute atomic E-state index is 0.222. The molecule has 2 aliphatic rings. The predicted molar refractivity (Wildman–Crippen MR) is 80.3 cm³/mol. The quantitative estimate of drug-likeness (QED) is 0.277. The van der Waals surface area contributed by atoms with Crippen molar-refractivity contribution in [1.29, 1.82) is 0 Å². The largest absolute Gasteiger partial charge is 0.466 e. The van der Waals surface area contributed by atoms with Gasteiger partial charge in [0.05, 0.1) is 19.6 Å². The first kappa shape index (κ1) is 18.6. The molecule has 0 N–H and O–H groups in total. The molecule has 0 aromatic rings. The Labute approximate surface area is 137 Å². The van der Waals surface area contributed by atoms with Crippen LogP contribution in [0.4, 0.5) is 0 Å². The second kappa shape index (κ2) is 9.54. The summed E-state index contributed by atoms with van der Waals surface area (Å²) < 4.78 is 21.0. The lowest BCUT2D eigenvalue weighted by Crippen LogP contribution is -2.45. The number of carbonyl (C=O) groups excluding carboxylic acids is 1. The summed E-state index contributed by atoms with van der Waals surface area (Å²) >= 11 is 0. The average Bonchev–Trinajstić information content (AvgIpc) is 2.92. The minimum atomic E-state index is -0.660. The summed E-state index contributed by atoms with van der Waals surface area (Å²) in [6, 6.07) is 0. The highest BCUT2D eigenvalue weighted by Crippen LogP contribution is 2.43. The van der Waals surface area contributed by atoms with Crippen molar-refractivity contribution in [3.05, 3.63) is 0 Å². The zero-order valence-corrected chi connectivity index (χ0v) is 14.1. The van der Waals surface area contributed by atoms with Gasteiger partial charge in [0.2, 0.25) is 5.79 Å². The van der Waals surface area contributed by atoms with Gasteiger partial charge in [-0.25, -0.2) is 9.78 Å². The van der Waals surface area contributed by atoms with E-state index in [2.05, 4.69) is 0 Å². The van der Waals surface area contributed by atoms with Crippen LogP contribution in [0.15, 0.2) is 0 Å². The molecular weight excluding hydrogens is 304 g/mol. The maximum atomic E-state index is 11.5. The van der Waals surface area contributed by atoms with E-state index in [-0.39, 0.29) is 24.4 Å². The van der Waals surface area contributed by atoms with Crippen LogP contribution < -0.4 is 0 Å². The van der Waals surface area contributed by atoms with Gasteiger partial charge in [-0.2, -0.15) is 0 Å². The van der Waals surface area contributed by atoms with Gasteiger partial charge in [-0.3, -0.25) is 4.79 Å². The molecule has 2 saturated heterocycles. The van der Waals surface area contributed by atoms with Crippen molar-refractivity contribution < 1.29 is 33.5 Å². The highest BCUT2D eigenvalue weighted by molar-refractivity contribution is 5.69. The lowest BCUT2D eigenvalue weighted by molar-refractivity contribution is -0.469. The molecule has 0 aromatic carbocycles. The molecule has 3 unspecified atom stereocenters. The number of hydrogen-bond donors (Lipinski definition) is 0. The number of carbonyl (C=O) groups is 1. The van der Waals surface area contributed by atoms with E-state index in [0.29, 0.717) is 26.6 Å². The molecule has 0 saturated carbocycles. The zero-order chi connectivity index (χ0) is 16.5. The van der Waals surface area contributed by atoms with Crippen LogP contribution in [-0.4, -0.2) is 51.6 Å². The molecule has 2 aliphatic heterocycles. The lowest BCUT2D eigenvalue weighted by Gasteiger charge is -2.38. The Hall–Kier alpha value is -0.730. The predicted octanol–water partition coefficient (Wildman–Crippen LogP) is 2.18. The van der Waals surface area contributed by atoms with E-state index in [1.165, 1.54) is 0 Å². The summed E-state index contributed by atoms with van der Waals surface area (Å²) in [5, 5.41) is 0. The molecule has 0 bridgehead atoms. The smallest absolute Gasteiger partial charge is 0.308 e. The van der Waals surface area contributed by atoms with Crippen LogP contribution in [-0.2, 0) is 33.5 Å². The summed E-state index contributed by atoms with van der Waals surface area (Å²) in [4.78, 5) is 22.5. The zero-order valence-electron chi connectivity index (χ0n) is 14.1. The van der Waals surface area contributed by atoms with E-state index >= 15 is 0 Å². The van der Waals surface area contributed by atoms with Crippen molar-refractivity contribution >= 4 is 5.97 Å². The van der Waals surface area contributed by atoms with Crippen LogP contribution in [0.1, 0.15) is 45.4 Å². The van der Waals surface area contributed by atoms with Gasteiger partial charge in [-0.15, -0.1) is 0 Å². The summed E-state index contributed by atoms with van der Waals surface area (Å²) in [7, 11) is 1.61. The van der Waals surface area contributed by atoms with Gasteiger partial charge in [0.1, 0.15) is 12.9 Å². The van der Waals surface area contributed by atoms with Crippen molar-refractivity contribution in [2.45, 2.75) is 57.3 Å². The first-order valence-corrected chi connectivity index (χ1v) is 8.41. The van der Waals surface area contributed by atoms with Crippen LogP contribution in [0, 0.1) is 5.92 Å². The Morgan fingerprint density at radius 2 is 2.22 bits per heavy atom. The van der Waals surface area contributed by atoms with E-state index in [1.54, 1.807) is 14.0 Å². The van der Waals surface area contributed by atoms with Crippen LogP contribution in [0.2, 0.25) is 0 Å². The fourth-order valence-electron chi connectivity index (χ4n) is 3.16. The topological polar surface area (TPSA) is 72.5 Å². The molecule has 23 heavy (non-hydrogen) atoms. The van der Waals surface area contributed by atoms with Crippen molar-refractivity contribution in [2.24, 2.45) is 5.92 Å². The number of hydrogen-bond acceptors (Lipinski definition) is 7. The summed E-state index contributed by atoms with van der Waals surface area (Å²) in [6.45, 7) is 3.83. The normalized spacial score (nSPS) is 30.7. The number of ether oxygens (including phenoxy) is 4. The molecule has 2 rings (SSSR count). The van der Waals surface area contributed by atoms with E-state index < -0.39 is 5.79 Å². The summed E-state index contributed by atoms with van der Waals surface area (Å²) in [6.07, 6.45) is 4.27. The first-order chi connectivity index (χ1) is 11.2. The highest BCUT2D eigenvalue weighted by Gasteiger charge is 2.49. The van der Waals surface area contributed by atoms with Gasteiger partial charge in [0.15, 0.2) is 0 Å². The molecule has 0 amide bonds. The Balaban J connectivity index is 1.73. The van der Waals surface area contributed by atoms with Gasteiger partial charge < -0.3 is 18.9 Å². The molecule has 0 radical (unpaired) electrons. The molecule has 2 heterocycles. The Morgan fingerprint density at radius 1 is 1.35 bits per heavy atom. The van der Waals surface area contributed by atoms with Crippen LogP contribution in [0.25, 0.3) is 0 Å². The molecule has 0 aromatic heterocycles. The van der Waals surface area contributed by atoms with Gasteiger partial charge in [-0.1, -0.05) is 0 Å².